The summed E-state index contributed by atoms with van der Waals surface area (Å²) < 4.78 is 115. The van der Waals surface area contributed by atoms with Crippen LogP contribution in [0, 0.1) is 0 Å². The maximum absolute atomic E-state index is 11.9. The molecule has 6 aromatic rings. The van der Waals surface area contributed by atoms with E-state index in [0.29, 0.717) is 0 Å². The van der Waals surface area contributed by atoms with E-state index in [0.717, 1.165) is 13.8 Å². The first kappa shape index (κ1) is 59.6. The normalized spacial score (nSPS) is 12.6. The highest BCUT2D eigenvalue weighted by Crippen LogP contribution is 2.37. The van der Waals surface area contributed by atoms with Gasteiger partial charge in [-0.1, -0.05) is 167 Å². The van der Waals surface area contributed by atoms with Gasteiger partial charge in [0.1, 0.15) is 12.8 Å². The molecule has 0 aliphatic carbocycles. The fraction of sp³-hybridized carbons (Fsp3) is 0.379. The molecule has 0 radical (unpaired) electrons. The predicted molar refractivity (Wildman–Crippen MR) is 271 cm³/mol. The Kier molecular flexibility index (Phi) is 21.4. The summed E-state index contributed by atoms with van der Waals surface area (Å²) in [6.07, 6.45) is -15.1. The molecule has 380 valence electrons. The summed E-state index contributed by atoms with van der Waals surface area (Å²) in [6.45, 7) is 22.5. The Morgan fingerprint density at radius 2 is 0.471 bits per heavy atom. The quantitative estimate of drug-likeness (QED) is 0.0948. The molecule has 0 unspecified atom stereocenters. The van der Waals surface area contributed by atoms with Crippen LogP contribution in [0.1, 0.15) is 119 Å². The molecular formula is C58H68F10S2+2. The number of benzene rings is 6. The average molecular weight is 1020 g/mol. The van der Waals surface area contributed by atoms with Gasteiger partial charge in [-0.15, -0.1) is 0 Å². The summed E-state index contributed by atoms with van der Waals surface area (Å²) in [4.78, 5) is 8.21. The van der Waals surface area contributed by atoms with E-state index in [1.165, 1.54) is 46.1 Å². The standard InChI is InChI=1S/C30H39S.C18H15S.2C5H7F5/c1-28(2,3)22-10-16-25(17-11-22)31(26-18-12-23(13-19-26)29(4,5)6)27-20-14-24(15-21-27)30(7,8)9;1-4-10-16(11-5-1)19(17-12-6-2-7-13-17)18-14-8-3-9-15-18;2*1-2-4(6,7)3-5(8,9)10/h10-21H,1-9H3;1-15H;2*2-3H2,1H3/q2*+1;;. The van der Waals surface area contributed by atoms with E-state index in [1.807, 2.05) is 0 Å². The molecule has 0 bridgehead atoms. The van der Waals surface area contributed by atoms with Crippen LogP contribution in [-0.2, 0) is 38.0 Å². The van der Waals surface area contributed by atoms with Gasteiger partial charge in [0.05, 0.1) is 21.8 Å². The van der Waals surface area contributed by atoms with Crippen LogP contribution in [0.15, 0.2) is 193 Å². The van der Waals surface area contributed by atoms with Gasteiger partial charge in [0.2, 0.25) is 0 Å². The molecule has 0 N–H and O–H groups in total. The van der Waals surface area contributed by atoms with Crippen molar-refractivity contribution in [3.8, 4) is 0 Å². The summed E-state index contributed by atoms with van der Waals surface area (Å²) in [5.41, 5.74) is 4.64. The predicted octanol–water partition coefficient (Wildman–Crippen LogP) is 19.4. The third kappa shape index (κ3) is 20.6. The fourth-order valence-electron chi connectivity index (χ4n) is 6.60. The lowest BCUT2D eigenvalue weighted by molar-refractivity contribution is -0.189. The number of alkyl halides is 10. The molecule has 0 aliphatic heterocycles. The molecule has 12 heteroatoms. The van der Waals surface area contributed by atoms with Crippen LogP contribution in [0.2, 0.25) is 0 Å². The summed E-state index contributed by atoms with van der Waals surface area (Å²) in [5.74, 6) is -7.20. The maximum atomic E-state index is 11.9. The lowest BCUT2D eigenvalue weighted by Gasteiger charge is -2.21. The van der Waals surface area contributed by atoms with Crippen molar-refractivity contribution in [2.24, 2.45) is 0 Å². The van der Waals surface area contributed by atoms with E-state index >= 15 is 0 Å². The first-order valence-electron chi connectivity index (χ1n) is 23.1. The van der Waals surface area contributed by atoms with Crippen molar-refractivity contribution in [2.45, 2.75) is 172 Å². The third-order valence-electron chi connectivity index (χ3n) is 10.8. The van der Waals surface area contributed by atoms with E-state index in [1.54, 1.807) is 0 Å². The van der Waals surface area contributed by atoms with E-state index in [-0.39, 0.29) is 38.0 Å². The SMILES string of the molecule is CC(C)(C)c1ccc([S+](c2ccc(C(C)(C)C)cc2)c2ccc(C(C)(C)C)cc2)cc1.CCC(F)(F)CC(F)(F)F.CCC(F)(F)CC(F)(F)F.c1ccc([S+](c2ccccc2)c2ccccc2)cc1. The van der Waals surface area contributed by atoms with E-state index in [4.69, 9.17) is 0 Å². The highest BCUT2D eigenvalue weighted by molar-refractivity contribution is 7.97. The molecule has 6 rings (SSSR count). The smallest absolute Gasteiger partial charge is 0.207 e. The molecule has 0 aromatic heterocycles. The minimum Gasteiger partial charge on any atom is -0.207 e. The van der Waals surface area contributed by atoms with E-state index in [2.05, 4.69) is 226 Å². The lowest BCUT2D eigenvalue weighted by Crippen LogP contribution is -2.24. The fourth-order valence-corrected chi connectivity index (χ4v) is 10.7. The minimum atomic E-state index is -4.76. The van der Waals surface area contributed by atoms with Crippen molar-refractivity contribution in [3.63, 3.8) is 0 Å². The van der Waals surface area contributed by atoms with Crippen LogP contribution in [0.4, 0.5) is 43.9 Å². The van der Waals surface area contributed by atoms with Gasteiger partial charge in [0, 0.05) is 12.8 Å². The van der Waals surface area contributed by atoms with Crippen LogP contribution >= 0.6 is 0 Å². The monoisotopic (exact) mass is 1020 g/mol. The Balaban J connectivity index is 0.000000280. The third-order valence-corrected chi connectivity index (χ3v) is 15.2. The van der Waals surface area contributed by atoms with Gasteiger partial charge in [-0.25, -0.2) is 17.6 Å². The number of rotatable bonds is 10. The average Bonchev–Trinajstić information content (AvgIpc) is 3.27. The van der Waals surface area contributed by atoms with Crippen LogP contribution in [-0.4, -0.2) is 24.2 Å². The van der Waals surface area contributed by atoms with Crippen LogP contribution < -0.4 is 0 Å². The molecular weight excluding hydrogens is 951 g/mol. The summed E-state index contributed by atoms with van der Waals surface area (Å²) in [7, 11) is -0.134. The Hall–Kier alpha value is -4.68. The Morgan fingerprint density at radius 3 is 0.614 bits per heavy atom. The number of hydrogen-bond donors (Lipinski definition) is 0. The second-order valence-electron chi connectivity index (χ2n) is 19.9. The molecule has 0 heterocycles. The molecule has 0 saturated heterocycles. The first-order chi connectivity index (χ1) is 32.3. The first-order valence-corrected chi connectivity index (χ1v) is 25.5. The Labute approximate surface area is 416 Å². The second-order valence-corrected chi connectivity index (χ2v) is 23.9. The molecule has 0 atom stereocenters. The number of hydrogen-bond acceptors (Lipinski definition) is 0. The zero-order chi connectivity index (χ0) is 52.8. The highest BCUT2D eigenvalue weighted by Gasteiger charge is 2.43. The molecule has 0 aliphatic rings. The zero-order valence-corrected chi connectivity index (χ0v) is 43.6. The molecule has 0 fully saturated rings. The molecule has 0 nitrogen and oxygen atoms in total. The number of halogens is 10. The van der Waals surface area contributed by atoms with Crippen molar-refractivity contribution in [3.05, 3.63) is 180 Å². The van der Waals surface area contributed by atoms with Crippen LogP contribution in [0.3, 0.4) is 0 Å². The Morgan fingerprint density at radius 1 is 0.286 bits per heavy atom. The molecule has 0 amide bonds. The summed E-state index contributed by atoms with van der Waals surface area (Å²) in [5, 5.41) is 0. The van der Waals surface area contributed by atoms with Gasteiger partial charge in [0.15, 0.2) is 29.4 Å². The lowest BCUT2D eigenvalue weighted by atomic mass is 9.87. The van der Waals surface area contributed by atoms with Crippen LogP contribution in [0.25, 0.3) is 0 Å². The van der Waals surface area contributed by atoms with Crippen molar-refractivity contribution in [2.75, 3.05) is 0 Å². The van der Waals surface area contributed by atoms with Crippen LogP contribution in [0.5, 0.6) is 0 Å². The van der Waals surface area contributed by atoms with Crippen molar-refractivity contribution < 1.29 is 43.9 Å². The topological polar surface area (TPSA) is 0 Å². The van der Waals surface area contributed by atoms with Gasteiger partial charge in [0.25, 0.3) is 11.8 Å². The van der Waals surface area contributed by atoms with Crippen molar-refractivity contribution >= 4 is 21.8 Å². The zero-order valence-electron chi connectivity index (χ0n) is 42.0. The van der Waals surface area contributed by atoms with Gasteiger partial charge < -0.3 is 0 Å². The van der Waals surface area contributed by atoms with E-state index in [9.17, 15) is 43.9 Å². The highest BCUT2D eigenvalue weighted by atomic mass is 32.2. The van der Waals surface area contributed by atoms with Crippen molar-refractivity contribution in [1.29, 1.82) is 0 Å². The van der Waals surface area contributed by atoms with Crippen molar-refractivity contribution in [1.82, 2.24) is 0 Å². The largest absolute Gasteiger partial charge is 0.394 e. The van der Waals surface area contributed by atoms with Gasteiger partial charge in [-0.2, -0.15) is 26.3 Å². The molecule has 6 aromatic carbocycles. The van der Waals surface area contributed by atoms with Gasteiger partial charge in [-0.05, 0) is 106 Å². The van der Waals surface area contributed by atoms with E-state index < -0.39 is 49.9 Å². The second kappa shape index (κ2) is 25.1. The summed E-state index contributed by atoms with van der Waals surface area (Å²) >= 11 is 0. The molecule has 0 saturated carbocycles. The molecule has 0 spiro atoms. The van der Waals surface area contributed by atoms with Gasteiger partial charge in [-0.3, -0.25) is 0 Å². The Bertz CT molecular complexity index is 2140. The van der Waals surface area contributed by atoms with Gasteiger partial charge >= 0.3 is 12.4 Å². The summed E-state index contributed by atoms with van der Waals surface area (Å²) in [6, 6.07) is 60.0. The maximum Gasteiger partial charge on any atom is 0.394 e. The molecule has 70 heavy (non-hydrogen) atoms. The minimum absolute atomic E-state index is 0.0146.